The number of epoxide rings is 1. The molecule has 5 rings (SSSR count). The average molecular weight is 858 g/mol. The molecule has 60 heavy (non-hydrogen) atoms. The molecular weight excluding hydrogens is 798 g/mol. The second kappa shape index (κ2) is 19.4. The van der Waals surface area contributed by atoms with E-state index in [0.29, 0.717) is 43.4 Å². The molecule has 18 heteroatoms. The van der Waals surface area contributed by atoms with Crippen LogP contribution in [0.1, 0.15) is 78.5 Å². The van der Waals surface area contributed by atoms with E-state index in [1.165, 1.54) is 31.1 Å². The number of fused-ring (bicyclic) bond motifs is 5. The molecule has 17 nitrogen and oxygen atoms in total. The van der Waals surface area contributed by atoms with E-state index in [9.17, 15) is 24.3 Å². The van der Waals surface area contributed by atoms with Crippen molar-refractivity contribution in [2.45, 2.75) is 135 Å². The summed E-state index contributed by atoms with van der Waals surface area (Å²) in [6.45, 7) is 12.1. The summed E-state index contributed by atoms with van der Waals surface area (Å²) < 4.78 is 31.1. The summed E-state index contributed by atoms with van der Waals surface area (Å²) in [7, 11) is 6.02. The molecule has 8 atom stereocenters. The summed E-state index contributed by atoms with van der Waals surface area (Å²) in [5.74, 6) is -1.65. The molecule has 3 amide bonds. The van der Waals surface area contributed by atoms with E-state index in [1.54, 1.807) is 56.8 Å². The van der Waals surface area contributed by atoms with Crippen molar-refractivity contribution in [1.29, 1.82) is 0 Å². The first-order chi connectivity index (χ1) is 28.3. The Kier molecular flexibility index (Phi) is 15.1. The van der Waals surface area contributed by atoms with Crippen molar-refractivity contribution in [1.82, 2.24) is 30.5 Å². The molecular formula is C42H60ClN7O10. The van der Waals surface area contributed by atoms with Gasteiger partial charge in [-0.1, -0.05) is 61.4 Å². The van der Waals surface area contributed by atoms with E-state index in [-0.39, 0.29) is 30.2 Å². The number of carbonyl (C=O) groups excluding carboxylic acids is 4. The average Bonchev–Trinajstić information content (AvgIpc) is 3.69. The fraction of sp³-hybridized carbons (Fsp3) is 0.619. The smallest absolute Gasteiger partial charge is 0.409 e. The van der Waals surface area contributed by atoms with Crippen LogP contribution < -0.4 is 20.3 Å². The number of esters is 1. The quantitative estimate of drug-likeness (QED) is 0.204. The minimum absolute atomic E-state index is 0.0605. The van der Waals surface area contributed by atoms with Gasteiger partial charge < -0.3 is 43.9 Å². The zero-order valence-corrected chi connectivity index (χ0v) is 36.9. The molecule has 330 valence electrons. The summed E-state index contributed by atoms with van der Waals surface area (Å²) in [6, 6.07) is 2.87. The predicted molar refractivity (Wildman–Crippen MR) is 222 cm³/mol. The van der Waals surface area contributed by atoms with E-state index in [1.807, 2.05) is 33.0 Å². The number of likely N-dealkylation sites (N-methyl/N-ethyl adjacent to an activating group) is 1. The summed E-state index contributed by atoms with van der Waals surface area (Å²) in [5, 5.41) is 26.1. The number of aryl methyl sites for hydroxylation is 1. The highest BCUT2D eigenvalue weighted by Crippen LogP contribution is 2.49. The number of nitrogens with zero attached hydrogens (tertiary/aromatic N) is 5. The highest BCUT2D eigenvalue weighted by Gasteiger charge is 2.64. The van der Waals surface area contributed by atoms with Gasteiger partial charge >= 0.3 is 12.1 Å². The van der Waals surface area contributed by atoms with Crippen LogP contribution in [0.3, 0.4) is 0 Å². The third kappa shape index (κ3) is 10.8. The first-order valence-corrected chi connectivity index (χ1v) is 20.6. The number of hydrogen-bond donors (Lipinski definition) is 3. The Labute approximate surface area is 356 Å². The summed E-state index contributed by atoms with van der Waals surface area (Å²) in [4.78, 5) is 57.2. The molecule has 0 saturated carbocycles. The lowest BCUT2D eigenvalue weighted by Gasteiger charge is -2.42. The van der Waals surface area contributed by atoms with E-state index < -0.39 is 65.7 Å². The van der Waals surface area contributed by atoms with Crippen LogP contribution in [0, 0.1) is 5.92 Å². The van der Waals surface area contributed by atoms with Crippen LogP contribution in [0.5, 0.6) is 5.75 Å². The SMILES string of the molecule is COc1cc2cc(c1Cl)N(C)C(=O)C[C@H](OC(=O)[C@H](C)N(C)C(=O)CCCn1cc(CNC(C)C)nn1)[C@]1(C)O[C@H]1[C@H](C)[C@@H]1C[C@@](O)(NC(=O)O1)[C@H](OC)/C=C/C=C(\C)C2. The fourth-order valence-corrected chi connectivity index (χ4v) is 7.94. The maximum Gasteiger partial charge on any atom is 0.409 e. The molecule has 3 aliphatic rings. The highest BCUT2D eigenvalue weighted by atomic mass is 35.5. The van der Waals surface area contributed by atoms with Crippen LogP contribution in [-0.2, 0) is 52.8 Å². The molecule has 1 aromatic heterocycles. The zero-order valence-electron chi connectivity index (χ0n) is 36.2. The number of aromatic nitrogens is 3. The van der Waals surface area contributed by atoms with Gasteiger partial charge in [-0.2, -0.15) is 0 Å². The maximum absolute atomic E-state index is 14.3. The number of benzene rings is 1. The van der Waals surface area contributed by atoms with Gasteiger partial charge in [-0.3, -0.25) is 19.6 Å². The van der Waals surface area contributed by atoms with Gasteiger partial charge in [0.2, 0.25) is 11.8 Å². The lowest BCUT2D eigenvalue weighted by Crippen LogP contribution is -2.63. The number of anilines is 1. The monoisotopic (exact) mass is 857 g/mol. The number of hydrogen-bond acceptors (Lipinski definition) is 13. The Balaban J connectivity index is 1.39. The van der Waals surface area contributed by atoms with Gasteiger partial charge in [0.1, 0.15) is 40.7 Å². The fourth-order valence-electron chi connectivity index (χ4n) is 7.62. The third-order valence-corrected chi connectivity index (χ3v) is 12.0. The molecule has 3 N–H and O–H groups in total. The second-order valence-corrected chi connectivity index (χ2v) is 16.9. The van der Waals surface area contributed by atoms with Gasteiger partial charge in [0, 0.05) is 65.3 Å². The zero-order chi connectivity index (χ0) is 44.1. The van der Waals surface area contributed by atoms with E-state index >= 15 is 0 Å². The molecule has 0 radical (unpaired) electrons. The van der Waals surface area contributed by atoms with Crippen LogP contribution in [0.2, 0.25) is 5.02 Å². The predicted octanol–water partition coefficient (Wildman–Crippen LogP) is 4.08. The van der Waals surface area contributed by atoms with Crippen LogP contribution in [0.4, 0.5) is 10.5 Å². The number of aliphatic hydroxyl groups is 1. The van der Waals surface area contributed by atoms with E-state index in [0.717, 1.165) is 16.8 Å². The Bertz CT molecular complexity index is 1960. The third-order valence-electron chi connectivity index (χ3n) is 11.6. The molecule has 0 unspecified atom stereocenters. The molecule has 4 heterocycles. The van der Waals surface area contributed by atoms with Gasteiger partial charge in [0.05, 0.1) is 31.0 Å². The highest BCUT2D eigenvalue weighted by molar-refractivity contribution is 6.35. The normalized spacial score (nSPS) is 29.1. The van der Waals surface area contributed by atoms with Crippen LogP contribution in [0.25, 0.3) is 0 Å². The molecule has 4 bridgehead atoms. The van der Waals surface area contributed by atoms with Gasteiger partial charge in [-0.05, 0) is 51.3 Å². The van der Waals surface area contributed by atoms with Crippen LogP contribution in [0.15, 0.2) is 42.1 Å². The number of amides is 3. The van der Waals surface area contributed by atoms with Gasteiger partial charge in [0.25, 0.3) is 0 Å². The second-order valence-electron chi connectivity index (χ2n) is 16.5. The van der Waals surface area contributed by atoms with Gasteiger partial charge in [0.15, 0.2) is 5.72 Å². The molecule has 2 aromatic rings. The number of nitrogens with one attached hydrogen (secondary N) is 2. The standard InChI is InChI=1S/C42H60ClN7O10/c1-24(2)44-22-29-23-50(47-46-29)16-12-15-35(51)48(7)27(5)39(53)59-34-20-36(52)49(8)30-18-28(19-31(56-9)37(30)43)17-25(3)13-11-14-33(57-10)42(55)21-32(58-40(54)45-42)26(4)38-41(34,6)60-38/h11,13-14,18-19,23-24,26-27,32-34,38,44,55H,12,15-17,20-22H2,1-10H3,(H,45,54)/b14-11+,25-13+/t26-,27+,32+,33-,34+,38+,41+,42+/m1/s1. The topological polar surface area (TPSA) is 199 Å². The number of alkyl carbamates (subject to hydrolysis) is 1. The summed E-state index contributed by atoms with van der Waals surface area (Å²) in [6.07, 6.45) is 3.26. The molecule has 2 saturated heterocycles. The number of rotatable bonds is 12. The molecule has 0 spiro atoms. The summed E-state index contributed by atoms with van der Waals surface area (Å²) >= 11 is 6.79. The minimum Gasteiger partial charge on any atom is -0.495 e. The van der Waals surface area contributed by atoms with Gasteiger partial charge in [-0.25, -0.2) is 9.59 Å². The lowest BCUT2D eigenvalue weighted by molar-refractivity contribution is -0.162. The number of allylic oxidation sites excluding steroid dienone is 3. The molecule has 1 aromatic carbocycles. The van der Waals surface area contributed by atoms with Crippen molar-refractivity contribution >= 4 is 41.2 Å². The minimum atomic E-state index is -1.84. The van der Waals surface area contributed by atoms with E-state index in [4.69, 9.17) is 35.3 Å². The number of halogens is 1. The van der Waals surface area contributed by atoms with Gasteiger partial charge in [-0.15, -0.1) is 5.10 Å². The van der Waals surface area contributed by atoms with Crippen molar-refractivity contribution in [2.75, 3.05) is 33.2 Å². The lowest BCUT2D eigenvalue weighted by atomic mass is 9.83. The van der Waals surface area contributed by atoms with Crippen molar-refractivity contribution in [2.24, 2.45) is 5.92 Å². The van der Waals surface area contributed by atoms with Crippen molar-refractivity contribution in [3.8, 4) is 5.75 Å². The van der Waals surface area contributed by atoms with Crippen LogP contribution in [-0.4, -0.2) is 125 Å². The molecule has 0 aliphatic carbocycles. The Morgan fingerprint density at radius 1 is 1.22 bits per heavy atom. The van der Waals surface area contributed by atoms with E-state index in [2.05, 4.69) is 20.9 Å². The Hall–Kier alpha value is -4.55. The number of carbonyl (C=O) groups is 4. The maximum atomic E-state index is 14.3. The van der Waals surface area contributed by atoms with Crippen molar-refractivity contribution in [3.63, 3.8) is 0 Å². The van der Waals surface area contributed by atoms with Crippen LogP contribution >= 0.6 is 11.6 Å². The molecule has 2 fully saturated rings. The Morgan fingerprint density at radius 3 is 2.63 bits per heavy atom. The molecule has 3 aliphatic heterocycles. The Morgan fingerprint density at radius 2 is 1.95 bits per heavy atom. The first-order valence-electron chi connectivity index (χ1n) is 20.3. The first kappa shape index (κ1) is 46.5. The number of ether oxygens (including phenoxy) is 5. The van der Waals surface area contributed by atoms with Crippen molar-refractivity contribution < 1.29 is 48.0 Å². The number of methoxy groups -OCH3 is 2. The summed E-state index contributed by atoms with van der Waals surface area (Å²) in [5.41, 5.74) is -0.176. The largest absolute Gasteiger partial charge is 0.495 e. The van der Waals surface area contributed by atoms with Crippen molar-refractivity contribution in [3.05, 3.63) is 58.4 Å².